The van der Waals surface area contributed by atoms with Gasteiger partial charge in [0.05, 0.1) is 29.2 Å². The third-order valence-electron chi connectivity index (χ3n) is 2.02. The molecule has 0 spiro atoms. The second kappa shape index (κ2) is 7.72. The molecule has 1 rings (SSSR count). The molecule has 0 aliphatic heterocycles. The van der Waals surface area contributed by atoms with Crippen LogP contribution in [0, 0.1) is 0 Å². The van der Waals surface area contributed by atoms with Crippen molar-refractivity contribution in [2.75, 3.05) is 13.2 Å². The maximum atomic E-state index is 11.6. The summed E-state index contributed by atoms with van der Waals surface area (Å²) in [7, 11) is -4.32. The fraction of sp³-hybridized carbons (Fsp3) is 0.200. The molecule has 1 aromatic rings. The molecule has 3 N–H and O–H groups in total. The second-order valence-electron chi connectivity index (χ2n) is 3.36. The molecule has 20 heavy (non-hydrogen) atoms. The molecule has 0 bridgehead atoms. The van der Waals surface area contributed by atoms with Gasteiger partial charge in [0.25, 0.3) is 10.1 Å². The van der Waals surface area contributed by atoms with Gasteiger partial charge in [-0.1, -0.05) is 0 Å². The predicted octanol–water partition coefficient (Wildman–Crippen LogP) is -0.868. The first-order valence-electron chi connectivity index (χ1n) is 4.90. The second-order valence-corrected chi connectivity index (χ2v) is 4.97. The summed E-state index contributed by atoms with van der Waals surface area (Å²) in [5.41, 5.74) is -0.989. The molecule has 0 aromatic heterocycles. The summed E-state index contributed by atoms with van der Waals surface area (Å²) in [5, 5.41) is 26.1. The third kappa shape index (κ3) is 4.85. The number of aromatic carboxylic acids is 2. The van der Waals surface area contributed by atoms with Crippen molar-refractivity contribution in [2.45, 2.75) is 4.90 Å². The van der Waals surface area contributed by atoms with Crippen LogP contribution in [-0.4, -0.2) is 78.4 Å². The Balaban J connectivity index is 0.00000361. The molecule has 106 valence electrons. The van der Waals surface area contributed by atoms with E-state index in [-0.39, 0.29) is 29.6 Å². The summed E-state index contributed by atoms with van der Waals surface area (Å²) >= 11 is 0. The van der Waals surface area contributed by atoms with Gasteiger partial charge in [0.1, 0.15) is 0 Å². The quantitative estimate of drug-likeness (QED) is 0.455. The maximum absolute atomic E-state index is 11.6. The minimum absolute atomic E-state index is 0. The van der Waals surface area contributed by atoms with E-state index in [2.05, 4.69) is 4.18 Å². The number of carboxylic acids is 2. The van der Waals surface area contributed by atoms with Crippen LogP contribution in [0.2, 0.25) is 0 Å². The van der Waals surface area contributed by atoms with E-state index >= 15 is 0 Å². The first-order valence-corrected chi connectivity index (χ1v) is 6.30. The van der Waals surface area contributed by atoms with E-state index in [1.54, 1.807) is 0 Å². The summed E-state index contributed by atoms with van der Waals surface area (Å²) in [4.78, 5) is 21.0. The van der Waals surface area contributed by atoms with Gasteiger partial charge in [0, 0.05) is 0 Å². The van der Waals surface area contributed by atoms with Crippen molar-refractivity contribution in [3.8, 4) is 0 Å². The topological polar surface area (TPSA) is 138 Å². The van der Waals surface area contributed by atoms with Crippen LogP contribution >= 0.6 is 0 Å². The SMILES string of the molecule is O=C(O)c1cc(C(=O)O)cc(S(=O)(=O)OCCO)c1.[NaH]. The molecular weight excluding hydrogens is 303 g/mol. The van der Waals surface area contributed by atoms with E-state index < -0.39 is 51.3 Å². The standard InChI is InChI=1S/C10H10O8S.Na.H/c11-1-2-18-19(16,17)8-4-6(9(12)13)3-7(5-8)10(14)15;;/h3-5,11H,1-2H2,(H,12,13)(H,14,15);;. The van der Waals surface area contributed by atoms with E-state index in [0.717, 1.165) is 18.2 Å². The molecule has 0 aliphatic carbocycles. The first kappa shape index (κ1) is 19.0. The van der Waals surface area contributed by atoms with Crippen molar-refractivity contribution in [3.63, 3.8) is 0 Å². The number of carbonyl (C=O) groups is 2. The Morgan fingerprint density at radius 3 is 1.85 bits per heavy atom. The zero-order valence-electron chi connectivity index (χ0n) is 9.44. The number of hydrogen-bond acceptors (Lipinski definition) is 6. The number of rotatable bonds is 6. The molecule has 0 aliphatic rings. The molecule has 8 nitrogen and oxygen atoms in total. The van der Waals surface area contributed by atoms with Crippen LogP contribution < -0.4 is 0 Å². The number of aliphatic hydroxyl groups excluding tert-OH is 1. The van der Waals surface area contributed by atoms with E-state index in [1.165, 1.54) is 0 Å². The van der Waals surface area contributed by atoms with Gasteiger partial charge in [0.2, 0.25) is 0 Å². The molecule has 0 fully saturated rings. The van der Waals surface area contributed by atoms with Crippen molar-refractivity contribution in [1.29, 1.82) is 0 Å². The summed E-state index contributed by atoms with van der Waals surface area (Å²) in [6.07, 6.45) is 0. The van der Waals surface area contributed by atoms with Crippen LogP contribution in [0.25, 0.3) is 0 Å². The Kier molecular flexibility index (Phi) is 7.34. The molecule has 1 aromatic carbocycles. The van der Waals surface area contributed by atoms with Crippen LogP contribution in [0.3, 0.4) is 0 Å². The Hall–Kier alpha value is -0.970. The van der Waals surface area contributed by atoms with E-state index in [1.807, 2.05) is 0 Å². The Labute approximate surface area is 136 Å². The zero-order valence-corrected chi connectivity index (χ0v) is 10.3. The Morgan fingerprint density at radius 1 is 1.05 bits per heavy atom. The summed E-state index contributed by atoms with van der Waals surface area (Å²) in [6, 6.07) is 2.39. The van der Waals surface area contributed by atoms with Gasteiger partial charge in [0.15, 0.2) is 0 Å². The van der Waals surface area contributed by atoms with Crippen molar-refractivity contribution in [2.24, 2.45) is 0 Å². The van der Waals surface area contributed by atoms with Gasteiger partial charge in [-0.05, 0) is 18.2 Å². The first-order chi connectivity index (χ1) is 8.77. The van der Waals surface area contributed by atoms with E-state index in [4.69, 9.17) is 15.3 Å². The molecule has 0 unspecified atom stereocenters. The molecule has 0 amide bonds. The van der Waals surface area contributed by atoms with Crippen molar-refractivity contribution in [1.82, 2.24) is 0 Å². The fourth-order valence-corrected chi connectivity index (χ4v) is 2.18. The van der Waals surface area contributed by atoms with Crippen molar-refractivity contribution < 1.29 is 37.5 Å². The Morgan fingerprint density at radius 2 is 1.50 bits per heavy atom. The molecule has 0 heterocycles. The van der Waals surface area contributed by atoms with Gasteiger partial charge >= 0.3 is 41.5 Å². The third-order valence-corrected chi connectivity index (χ3v) is 3.31. The van der Waals surface area contributed by atoms with Gasteiger partial charge in [-0.2, -0.15) is 8.42 Å². The van der Waals surface area contributed by atoms with Crippen molar-refractivity contribution in [3.05, 3.63) is 29.3 Å². The van der Waals surface area contributed by atoms with Crippen LogP contribution in [0.5, 0.6) is 0 Å². The number of aliphatic hydroxyl groups is 1. The van der Waals surface area contributed by atoms with Crippen molar-refractivity contribution >= 4 is 51.6 Å². The average Bonchev–Trinajstić information content (AvgIpc) is 2.35. The van der Waals surface area contributed by atoms with Crippen LogP contribution in [0.15, 0.2) is 23.1 Å². The van der Waals surface area contributed by atoms with E-state index in [0.29, 0.717) is 0 Å². The van der Waals surface area contributed by atoms with Gasteiger partial charge in [-0.25, -0.2) is 9.59 Å². The predicted molar refractivity (Wildman–Crippen MR) is 67.7 cm³/mol. The molecule has 0 saturated carbocycles. The molecule has 10 heteroatoms. The summed E-state index contributed by atoms with van der Waals surface area (Å²) in [6.45, 7) is -1.06. The molecule has 0 saturated heterocycles. The normalized spacial score (nSPS) is 10.7. The summed E-state index contributed by atoms with van der Waals surface area (Å²) in [5.74, 6) is -2.94. The van der Waals surface area contributed by atoms with E-state index in [9.17, 15) is 18.0 Å². The van der Waals surface area contributed by atoms with Crippen LogP contribution in [0.4, 0.5) is 0 Å². The number of hydrogen-bond donors (Lipinski definition) is 3. The number of carboxylic acid groups (broad SMARTS) is 2. The van der Waals surface area contributed by atoms with Gasteiger partial charge in [-0.3, -0.25) is 4.18 Å². The monoisotopic (exact) mass is 314 g/mol. The fourth-order valence-electron chi connectivity index (χ4n) is 1.21. The Bertz CT molecular complexity index is 577. The summed E-state index contributed by atoms with van der Waals surface area (Å²) < 4.78 is 27.6. The molecule has 0 atom stereocenters. The zero-order chi connectivity index (χ0) is 14.6. The molecular formula is C10H11NaO8S. The minimum atomic E-state index is -4.32. The van der Waals surface area contributed by atoms with Crippen LogP contribution in [-0.2, 0) is 14.3 Å². The number of benzene rings is 1. The van der Waals surface area contributed by atoms with Gasteiger partial charge in [-0.15, -0.1) is 0 Å². The van der Waals surface area contributed by atoms with Gasteiger partial charge < -0.3 is 15.3 Å². The van der Waals surface area contributed by atoms with Crippen LogP contribution in [0.1, 0.15) is 20.7 Å². The molecule has 0 radical (unpaired) electrons. The average molecular weight is 314 g/mol.